The van der Waals surface area contributed by atoms with Crippen LogP contribution < -0.4 is 5.32 Å². The molecule has 2 atom stereocenters. The summed E-state index contributed by atoms with van der Waals surface area (Å²) < 4.78 is 27.2. The van der Waals surface area contributed by atoms with Gasteiger partial charge >= 0.3 is 5.97 Å². The van der Waals surface area contributed by atoms with Crippen LogP contribution in [0.25, 0.3) is 11.1 Å². The number of nitrogens with one attached hydrogen (secondary N) is 1. The fraction of sp³-hybridized carbons (Fsp3) is 0.286. The second-order valence-electron chi connectivity index (χ2n) is 9.36. The molecule has 0 radical (unpaired) electrons. The first-order chi connectivity index (χ1) is 18.1. The van der Waals surface area contributed by atoms with Crippen molar-refractivity contribution in [3.8, 4) is 11.1 Å². The zero-order chi connectivity index (χ0) is 27.3. The molecular weight excluding hydrogens is 547 g/mol. The number of halogens is 2. The molecule has 0 saturated carbocycles. The molecule has 3 aromatic rings. The Balaban J connectivity index is 1.39. The van der Waals surface area contributed by atoms with Crippen molar-refractivity contribution in [1.82, 2.24) is 9.62 Å². The largest absolute Gasteiger partial charge is 0.480 e. The van der Waals surface area contributed by atoms with Crippen molar-refractivity contribution in [1.29, 1.82) is 0 Å². The minimum Gasteiger partial charge on any atom is -0.480 e. The van der Waals surface area contributed by atoms with Crippen molar-refractivity contribution in [3.63, 3.8) is 0 Å². The second-order valence-corrected chi connectivity index (χ2v) is 12.2. The number of nitrogens with zero attached hydrogens (tertiary/aromatic N) is 1. The van der Waals surface area contributed by atoms with Crippen LogP contribution in [-0.4, -0.2) is 48.8 Å². The highest BCUT2D eigenvalue weighted by molar-refractivity contribution is 7.88. The number of rotatable bonds is 9. The number of carboxylic acids is 1. The highest BCUT2D eigenvalue weighted by Crippen LogP contribution is 2.30. The normalized spacial score (nSPS) is 17.1. The highest BCUT2D eigenvalue weighted by atomic mass is 35.5. The molecule has 1 saturated heterocycles. The summed E-state index contributed by atoms with van der Waals surface area (Å²) in [5.41, 5.74) is 3.05. The van der Waals surface area contributed by atoms with Gasteiger partial charge < -0.3 is 10.4 Å². The van der Waals surface area contributed by atoms with Gasteiger partial charge in [0.25, 0.3) is 0 Å². The molecule has 0 spiro atoms. The zero-order valence-corrected chi connectivity index (χ0v) is 22.8. The molecule has 3 aromatic carbocycles. The van der Waals surface area contributed by atoms with Crippen LogP contribution in [0, 0.1) is 5.92 Å². The average Bonchev–Trinajstić information content (AvgIpc) is 2.89. The summed E-state index contributed by atoms with van der Waals surface area (Å²) in [5, 5.41) is 13.4. The monoisotopic (exact) mass is 574 g/mol. The topological polar surface area (TPSA) is 104 Å². The summed E-state index contributed by atoms with van der Waals surface area (Å²) in [5.74, 6) is -2.38. The van der Waals surface area contributed by atoms with Crippen molar-refractivity contribution in [2.45, 2.75) is 31.1 Å². The van der Waals surface area contributed by atoms with E-state index in [1.165, 1.54) is 4.31 Å². The van der Waals surface area contributed by atoms with Crippen LogP contribution in [0.1, 0.15) is 24.0 Å². The number of benzene rings is 3. The molecule has 4 rings (SSSR count). The minimum absolute atomic E-state index is 0.0316. The van der Waals surface area contributed by atoms with Crippen molar-refractivity contribution in [2.24, 2.45) is 5.92 Å². The molecule has 1 aliphatic heterocycles. The van der Waals surface area contributed by atoms with Crippen molar-refractivity contribution < 1.29 is 23.1 Å². The molecule has 1 heterocycles. The Labute approximate surface area is 232 Å². The van der Waals surface area contributed by atoms with E-state index >= 15 is 0 Å². The third-order valence-corrected chi connectivity index (χ3v) is 8.96. The molecule has 200 valence electrons. The van der Waals surface area contributed by atoms with E-state index in [2.05, 4.69) is 5.32 Å². The third kappa shape index (κ3) is 7.14. The fourth-order valence-corrected chi connectivity index (χ4v) is 6.68. The lowest BCUT2D eigenvalue weighted by atomic mass is 9.97. The number of piperidine rings is 1. The number of hydrogen-bond acceptors (Lipinski definition) is 4. The summed E-state index contributed by atoms with van der Waals surface area (Å²) in [6, 6.07) is 20.2. The molecular formula is C28H28Cl2N2O5S. The molecule has 0 bridgehead atoms. The molecule has 0 aromatic heterocycles. The lowest BCUT2D eigenvalue weighted by molar-refractivity contribution is -0.142. The van der Waals surface area contributed by atoms with Crippen LogP contribution in [0.4, 0.5) is 0 Å². The molecule has 1 aliphatic rings. The Kier molecular flexibility index (Phi) is 9.10. The van der Waals surface area contributed by atoms with Gasteiger partial charge in [-0.05, 0) is 41.7 Å². The van der Waals surface area contributed by atoms with E-state index in [1.54, 1.807) is 48.5 Å². The molecule has 1 fully saturated rings. The number of carbonyl (C=O) groups is 2. The maximum atomic E-state index is 13.0. The van der Waals surface area contributed by atoms with Crippen LogP contribution in [0.2, 0.25) is 10.0 Å². The number of hydrogen-bond donors (Lipinski definition) is 2. The van der Waals surface area contributed by atoms with Crippen molar-refractivity contribution >= 4 is 45.1 Å². The van der Waals surface area contributed by atoms with Crippen LogP contribution in [0.15, 0.2) is 72.8 Å². The first-order valence-electron chi connectivity index (χ1n) is 12.2. The Morgan fingerprint density at radius 3 is 2.37 bits per heavy atom. The predicted octanol–water partition coefficient (Wildman–Crippen LogP) is 5.01. The summed E-state index contributed by atoms with van der Waals surface area (Å²) in [7, 11) is -3.61. The minimum atomic E-state index is -3.61. The summed E-state index contributed by atoms with van der Waals surface area (Å²) >= 11 is 12.3. The van der Waals surface area contributed by atoms with Crippen LogP contribution >= 0.6 is 23.2 Å². The van der Waals surface area contributed by atoms with E-state index in [0.717, 1.165) is 16.7 Å². The van der Waals surface area contributed by atoms with Crippen LogP contribution in [0.5, 0.6) is 0 Å². The van der Waals surface area contributed by atoms with Gasteiger partial charge in [-0.1, -0.05) is 83.9 Å². The van der Waals surface area contributed by atoms with E-state index < -0.39 is 33.9 Å². The fourth-order valence-electron chi connectivity index (χ4n) is 4.55. The number of sulfonamides is 1. The van der Waals surface area contributed by atoms with Gasteiger partial charge in [-0.2, -0.15) is 0 Å². The van der Waals surface area contributed by atoms with E-state index in [4.69, 9.17) is 23.2 Å². The maximum absolute atomic E-state index is 13.0. The first kappa shape index (κ1) is 28.1. The Hall–Kier alpha value is -2.91. The summed E-state index contributed by atoms with van der Waals surface area (Å²) in [4.78, 5) is 25.0. The molecule has 1 amide bonds. The molecule has 10 heteroatoms. The smallest absolute Gasteiger partial charge is 0.326 e. The Bertz CT molecular complexity index is 1400. The van der Waals surface area contributed by atoms with Gasteiger partial charge in [0.05, 0.1) is 11.7 Å². The van der Waals surface area contributed by atoms with Crippen LogP contribution in [-0.2, 0) is 31.8 Å². The van der Waals surface area contributed by atoms with Crippen LogP contribution in [0.3, 0.4) is 0 Å². The van der Waals surface area contributed by atoms with Crippen molar-refractivity contribution in [3.05, 3.63) is 94.0 Å². The zero-order valence-electron chi connectivity index (χ0n) is 20.5. The van der Waals surface area contributed by atoms with Gasteiger partial charge in [-0.3, -0.25) is 4.79 Å². The Morgan fingerprint density at radius 1 is 1.00 bits per heavy atom. The lowest BCUT2D eigenvalue weighted by Crippen LogP contribution is -2.50. The van der Waals surface area contributed by atoms with Gasteiger partial charge in [0.15, 0.2) is 0 Å². The molecule has 7 nitrogen and oxygen atoms in total. The van der Waals surface area contributed by atoms with E-state index in [0.29, 0.717) is 35.0 Å². The van der Waals surface area contributed by atoms with Gasteiger partial charge in [0, 0.05) is 35.1 Å². The molecule has 0 aliphatic carbocycles. The van der Waals surface area contributed by atoms with Gasteiger partial charge in [-0.25, -0.2) is 17.5 Å². The second kappa shape index (κ2) is 12.3. The Morgan fingerprint density at radius 2 is 1.71 bits per heavy atom. The summed E-state index contributed by atoms with van der Waals surface area (Å²) in [6.45, 7) is 0.370. The van der Waals surface area contributed by atoms with Gasteiger partial charge in [0.1, 0.15) is 6.04 Å². The van der Waals surface area contributed by atoms with Gasteiger partial charge in [0.2, 0.25) is 15.9 Å². The highest BCUT2D eigenvalue weighted by Gasteiger charge is 2.34. The third-order valence-electron chi connectivity index (χ3n) is 6.59. The molecule has 38 heavy (non-hydrogen) atoms. The number of carboxylic acid groups (broad SMARTS) is 1. The lowest BCUT2D eigenvalue weighted by Gasteiger charge is -2.32. The van der Waals surface area contributed by atoms with Crippen molar-refractivity contribution in [2.75, 3.05) is 13.1 Å². The first-order valence-corrected chi connectivity index (χ1v) is 14.6. The number of carbonyl (C=O) groups excluding carboxylic acids is 1. The molecule has 1 unspecified atom stereocenters. The predicted molar refractivity (Wildman–Crippen MR) is 149 cm³/mol. The van der Waals surface area contributed by atoms with E-state index in [1.807, 2.05) is 24.3 Å². The van der Waals surface area contributed by atoms with Gasteiger partial charge in [-0.15, -0.1) is 0 Å². The maximum Gasteiger partial charge on any atom is 0.326 e. The standard InChI is InChI=1S/C28H28Cl2N2O5S/c29-23-12-13-24(25(30)16-23)21-10-8-19(9-11-21)15-26(28(34)35)31-27(33)22-7-4-14-32(17-22)38(36,37)18-20-5-2-1-3-6-20/h1-3,5-6,8-13,16,22,26H,4,7,14-15,17-18H2,(H,31,33)(H,34,35)/t22?,26-/m0/s1. The quantitative estimate of drug-likeness (QED) is 0.373. The van der Waals surface area contributed by atoms with E-state index in [9.17, 15) is 23.1 Å². The average molecular weight is 576 g/mol. The number of aliphatic carboxylic acids is 1. The number of amides is 1. The SMILES string of the molecule is O=C(N[C@@H](Cc1ccc(-c2ccc(Cl)cc2Cl)cc1)C(=O)O)C1CCCN(S(=O)(=O)Cc2ccccc2)C1. The molecule has 2 N–H and O–H groups in total. The summed E-state index contributed by atoms with van der Waals surface area (Å²) in [6.07, 6.45) is 1.10. The van der Waals surface area contributed by atoms with E-state index in [-0.39, 0.29) is 18.7 Å².